The first-order valence-corrected chi connectivity index (χ1v) is 9.98. The molecule has 4 atom stereocenters. The fourth-order valence-corrected chi connectivity index (χ4v) is 4.26. The second-order valence-corrected chi connectivity index (χ2v) is 8.06. The Kier molecular flexibility index (Phi) is 9.47. The molecule has 1 aliphatic rings. The van der Waals surface area contributed by atoms with E-state index in [9.17, 15) is 4.79 Å². The summed E-state index contributed by atoms with van der Waals surface area (Å²) in [6.45, 7) is 6.06. The molecule has 4 nitrogen and oxygen atoms in total. The van der Waals surface area contributed by atoms with Crippen molar-refractivity contribution in [3.8, 4) is 0 Å². The predicted octanol–water partition coefficient (Wildman–Crippen LogP) is 4.03. The third-order valence-corrected chi connectivity index (χ3v) is 5.96. The molecular weight excluding hydrogens is 322 g/mol. The van der Waals surface area contributed by atoms with Gasteiger partial charge < -0.3 is 11.5 Å². The van der Waals surface area contributed by atoms with Crippen molar-refractivity contribution in [3.05, 3.63) is 0 Å². The van der Waals surface area contributed by atoms with Crippen LogP contribution in [0.15, 0.2) is 4.99 Å². The summed E-state index contributed by atoms with van der Waals surface area (Å²) >= 11 is 6.36. The summed E-state index contributed by atoms with van der Waals surface area (Å²) in [5.41, 5.74) is 12.1. The van der Waals surface area contributed by atoms with Crippen LogP contribution in [0, 0.1) is 11.3 Å². The van der Waals surface area contributed by atoms with E-state index in [4.69, 9.17) is 28.1 Å². The summed E-state index contributed by atoms with van der Waals surface area (Å²) < 4.78 is 0. The molecule has 140 valence electrons. The van der Waals surface area contributed by atoms with Gasteiger partial charge in [0, 0.05) is 6.21 Å². The topological polar surface area (TPSA) is 81.5 Å². The number of alkyl halides is 1. The average Bonchev–Trinajstić information content (AvgIpc) is 2.58. The monoisotopic (exact) mass is 357 g/mol. The highest BCUT2D eigenvalue weighted by molar-refractivity contribution is 6.28. The summed E-state index contributed by atoms with van der Waals surface area (Å²) in [5, 5.41) is -0.0718. The average molecular weight is 358 g/mol. The zero-order valence-electron chi connectivity index (χ0n) is 15.6. The van der Waals surface area contributed by atoms with Crippen molar-refractivity contribution >= 4 is 23.6 Å². The summed E-state index contributed by atoms with van der Waals surface area (Å²) in [5.74, 6) is -0.406. The number of nitrogens with two attached hydrogens (primary N) is 2. The zero-order valence-corrected chi connectivity index (χ0v) is 16.4. The molecule has 1 heterocycles. The summed E-state index contributed by atoms with van der Waals surface area (Å²) in [7, 11) is 0. The second-order valence-electron chi connectivity index (χ2n) is 7.50. The van der Waals surface area contributed by atoms with E-state index in [-0.39, 0.29) is 22.6 Å². The third-order valence-electron chi connectivity index (χ3n) is 5.63. The standard InChI is InChI=1S/C19H36ClN3O/c1-4-6-7-10-19(5-2)11-8-9-15(20)13-23-16(12-19)17(14(3)24)18(21)22/h13,15-18H,4-12,21-22H2,1-3H3. The van der Waals surface area contributed by atoms with Gasteiger partial charge in [0.15, 0.2) is 0 Å². The number of rotatable bonds is 8. The van der Waals surface area contributed by atoms with Crippen LogP contribution in [0.1, 0.15) is 78.6 Å². The molecule has 0 spiro atoms. The Morgan fingerprint density at radius 1 is 1.38 bits per heavy atom. The maximum absolute atomic E-state index is 12.1. The van der Waals surface area contributed by atoms with Crippen LogP contribution in [0.4, 0.5) is 0 Å². The fourth-order valence-electron chi connectivity index (χ4n) is 4.04. The SMILES string of the molecule is CCCCCC1(CC)CCCC(Cl)C=NC(C(C(C)=O)C(N)N)C1. The molecule has 4 N–H and O–H groups in total. The molecule has 4 unspecified atom stereocenters. The Bertz CT molecular complexity index is 413. The van der Waals surface area contributed by atoms with Crippen molar-refractivity contribution in [1.82, 2.24) is 0 Å². The van der Waals surface area contributed by atoms with E-state index in [1.807, 2.05) is 6.21 Å². The molecule has 0 aromatic carbocycles. The first-order chi connectivity index (χ1) is 11.3. The Labute approximate surface area is 152 Å². The Morgan fingerprint density at radius 3 is 2.62 bits per heavy atom. The molecule has 0 saturated carbocycles. The van der Waals surface area contributed by atoms with Crippen LogP contribution in [-0.4, -0.2) is 29.6 Å². The molecule has 0 amide bonds. The molecule has 5 heteroatoms. The van der Waals surface area contributed by atoms with Crippen LogP contribution >= 0.6 is 11.6 Å². The molecule has 0 aromatic heterocycles. The van der Waals surface area contributed by atoms with Crippen molar-refractivity contribution < 1.29 is 4.79 Å². The highest BCUT2D eigenvalue weighted by atomic mass is 35.5. The lowest BCUT2D eigenvalue weighted by Gasteiger charge is -2.37. The highest BCUT2D eigenvalue weighted by Crippen LogP contribution is 2.42. The molecule has 0 saturated heterocycles. The van der Waals surface area contributed by atoms with Crippen LogP contribution in [0.5, 0.6) is 0 Å². The van der Waals surface area contributed by atoms with E-state index >= 15 is 0 Å². The van der Waals surface area contributed by atoms with Gasteiger partial charge in [0.05, 0.1) is 23.5 Å². The molecule has 0 radical (unpaired) electrons. The van der Waals surface area contributed by atoms with E-state index in [1.54, 1.807) is 6.92 Å². The smallest absolute Gasteiger partial charge is 0.137 e. The number of hydrogen-bond donors (Lipinski definition) is 2. The third kappa shape index (κ3) is 6.45. The van der Waals surface area contributed by atoms with Gasteiger partial charge >= 0.3 is 0 Å². The van der Waals surface area contributed by atoms with Gasteiger partial charge in [0.1, 0.15) is 5.78 Å². The lowest BCUT2D eigenvalue weighted by atomic mass is 9.69. The van der Waals surface area contributed by atoms with Gasteiger partial charge in [-0.3, -0.25) is 9.79 Å². The van der Waals surface area contributed by atoms with Crippen LogP contribution in [0.25, 0.3) is 0 Å². The maximum Gasteiger partial charge on any atom is 0.137 e. The van der Waals surface area contributed by atoms with E-state index in [0.717, 1.165) is 32.1 Å². The normalized spacial score (nSPS) is 29.8. The van der Waals surface area contributed by atoms with Crippen LogP contribution in [0.3, 0.4) is 0 Å². The maximum atomic E-state index is 12.1. The number of aliphatic imine (C=N–C) groups is 1. The molecule has 0 fully saturated rings. The number of hydrogen-bond acceptors (Lipinski definition) is 4. The summed E-state index contributed by atoms with van der Waals surface area (Å²) in [6, 6.07) is -0.163. The molecule has 0 bridgehead atoms. The highest BCUT2D eigenvalue weighted by Gasteiger charge is 2.37. The van der Waals surface area contributed by atoms with E-state index in [2.05, 4.69) is 13.8 Å². The van der Waals surface area contributed by atoms with Gasteiger partial charge in [-0.15, -0.1) is 11.6 Å². The molecule has 1 rings (SSSR count). The molecule has 1 aliphatic heterocycles. The van der Waals surface area contributed by atoms with Crippen molar-refractivity contribution in [1.29, 1.82) is 0 Å². The summed E-state index contributed by atoms with van der Waals surface area (Å²) in [6.07, 6.45) is 11.2. The quantitative estimate of drug-likeness (QED) is 0.391. The molecule has 0 aromatic rings. The zero-order chi connectivity index (χ0) is 18.2. The van der Waals surface area contributed by atoms with Gasteiger partial charge in [-0.05, 0) is 38.0 Å². The van der Waals surface area contributed by atoms with Crippen LogP contribution in [-0.2, 0) is 4.79 Å². The van der Waals surface area contributed by atoms with Crippen molar-refractivity contribution in [2.24, 2.45) is 27.8 Å². The second kappa shape index (κ2) is 10.5. The number of nitrogens with zero attached hydrogens (tertiary/aromatic N) is 1. The molecular formula is C19H36ClN3O. The fraction of sp³-hybridized carbons (Fsp3) is 0.895. The number of unbranched alkanes of at least 4 members (excludes halogenated alkanes) is 2. The van der Waals surface area contributed by atoms with Crippen molar-refractivity contribution in [2.75, 3.05) is 0 Å². The van der Waals surface area contributed by atoms with Crippen LogP contribution < -0.4 is 11.5 Å². The Hall–Kier alpha value is -0.450. The first kappa shape index (κ1) is 21.6. The first-order valence-electron chi connectivity index (χ1n) is 9.54. The largest absolute Gasteiger partial charge is 0.315 e. The summed E-state index contributed by atoms with van der Waals surface area (Å²) in [4.78, 5) is 16.8. The Morgan fingerprint density at radius 2 is 2.08 bits per heavy atom. The van der Waals surface area contributed by atoms with E-state index in [0.29, 0.717) is 0 Å². The minimum Gasteiger partial charge on any atom is -0.315 e. The van der Waals surface area contributed by atoms with Gasteiger partial charge in [-0.2, -0.15) is 0 Å². The number of carbonyl (C=O) groups excluding carboxylic acids is 1. The van der Waals surface area contributed by atoms with Gasteiger partial charge in [0.25, 0.3) is 0 Å². The lowest BCUT2D eigenvalue weighted by Crippen LogP contribution is -2.48. The number of halogens is 1. The van der Waals surface area contributed by atoms with Crippen molar-refractivity contribution in [2.45, 2.75) is 96.1 Å². The molecule has 24 heavy (non-hydrogen) atoms. The number of Topliss-reactive ketones (excluding diaryl/α,β-unsaturated/α-hetero) is 1. The van der Waals surface area contributed by atoms with Gasteiger partial charge in [0.2, 0.25) is 0 Å². The Balaban J connectivity index is 3.08. The van der Waals surface area contributed by atoms with E-state index in [1.165, 1.54) is 25.7 Å². The van der Waals surface area contributed by atoms with E-state index < -0.39 is 12.1 Å². The van der Waals surface area contributed by atoms with Gasteiger partial charge in [-0.25, -0.2) is 0 Å². The van der Waals surface area contributed by atoms with Gasteiger partial charge in [-0.1, -0.05) is 46.0 Å². The minimum atomic E-state index is -0.677. The minimum absolute atomic E-state index is 0.0241. The number of ketones is 1. The predicted molar refractivity (Wildman–Crippen MR) is 104 cm³/mol. The number of carbonyl (C=O) groups is 1. The van der Waals surface area contributed by atoms with Crippen LogP contribution in [0.2, 0.25) is 0 Å². The van der Waals surface area contributed by atoms with Crippen molar-refractivity contribution in [3.63, 3.8) is 0 Å². The molecule has 0 aliphatic carbocycles. The lowest BCUT2D eigenvalue weighted by molar-refractivity contribution is -0.122.